The number of rotatable bonds is 3. The Morgan fingerprint density at radius 3 is 2.26 bits per heavy atom. The fourth-order valence-electron chi connectivity index (χ4n) is 1.35. The van der Waals surface area contributed by atoms with Gasteiger partial charge in [-0.15, -0.1) is 0 Å². The first-order valence-electron chi connectivity index (χ1n) is 5.29. The van der Waals surface area contributed by atoms with Gasteiger partial charge in [0.2, 0.25) is 0 Å². The molecule has 1 heterocycles. The van der Waals surface area contributed by atoms with E-state index in [-0.39, 0.29) is 23.0 Å². The molecule has 0 saturated carbocycles. The zero-order valence-electron chi connectivity index (χ0n) is 9.75. The van der Waals surface area contributed by atoms with Crippen LogP contribution in [0.15, 0.2) is 30.3 Å². The Bertz CT molecular complexity index is 667. The third-order valence-corrected chi connectivity index (χ3v) is 2.23. The minimum atomic E-state index is -0.0678. The van der Waals surface area contributed by atoms with E-state index in [1.54, 1.807) is 6.07 Å². The standard InChI is InChI=1S/C12H9N7/c13-6-9-11(15)17-12(10(7-14)16-9)19-18-8-4-2-1-3-5-8/h1-5,18H,(H3,15,17,19). The molecule has 0 aliphatic carbocycles. The molecule has 1 aromatic carbocycles. The molecule has 0 bridgehead atoms. The summed E-state index contributed by atoms with van der Waals surface area (Å²) in [7, 11) is 0. The van der Waals surface area contributed by atoms with E-state index >= 15 is 0 Å². The molecule has 0 saturated heterocycles. The van der Waals surface area contributed by atoms with Crippen LogP contribution in [0.25, 0.3) is 0 Å². The molecule has 0 amide bonds. The largest absolute Gasteiger partial charge is 0.381 e. The highest BCUT2D eigenvalue weighted by atomic mass is 15.4. The van der Waals surface area contributed by atoms with Gasteiger partial charge in [-0.3, -0.25) is 10.9 Å². The van der Waals surface area contributed by atoms with Crippen LogP contribution in [-0.4, -0.2) is 9.97 Å². The second-order valence-electron chi connectivity index (χ2n) is 3.49. The summed E-state index contributed by atoms with van der Waals surface area (Å²) in [6.07, 6.45) is 0. The lowest BCUT2D eigenvalue weighted by Crippen LogP contribution is -2.14. The molecule has 7 nitrogen and oxygen atoms in total. The lowest BCUT2D eigenvalue weighted by molar-refractivity contribution is 1.13. The Kier molecular flexibility index (Phi) is 3.41. The quantitative estimate of drug-likeness (QED) is 0.701. The van der Waals surface area contributed by atoms with Crippen molar-refractivity contribution in [2.75, 3.05) is 16.6 Å². The van der Waals surface area contributed by atoms with E-state index in [0.717, 1.165) is 5.69 Å². The SMILES string of the molecule is N#Cc1nc(C#N)c(NNc2ccccc2)nc1N. The summed E-state index contributed by atoms with van der Waals surface area (Å²) in [6.45, 7) is 0. The summed E-state index contributed by atoms with van der Waals surface area (Å²) in [6, 6.07) is 12.9. The topological polar surface area (TPSA) is 123 Å². The summed E-state index contributed by atoms with van der Waals surface area (Å²) >= 11 is 0. The molecule has 1 aromatic heterocycles. The maximum absolute atomic E-state index is 8.96. The smallest absolute Gasteiger partial charge is 0.186 e. The average molecular weight is 251 g/mol. The van der Waals surface area contributed by atoms with Crippen LogP contribution in [0.5, 0.6) is 0 Å². The summed E-state index contributed by atoms with van der Waals surface area (Å²) in [5.74, 6) is 0.140. The van der Waals surface area contributed by atoms with Gasteiger partial charge in [0.05, 0.1) is 5.69 Å². The molecule has 2 rings (SSSR count). The van der Waals surface area contributed by atoms with Gasteiger partial charge in [-0.2, -0.15) is 10.5 Å². The Hall–Kier alpha value is -3.32. The third-order valence-electron chi connectivity index (χ3n) is 2.23. The van der Waals surface area contributed by atoms with Crippen molar-refractivity contribution in [3.63, 3.8) is 0 Å². The number of hydrazine groups is 1. The molecule has 0 aliphatic heterocycles. The second-order valence-corrected chi connectivity index (χ2v) is 3.49. The van der Waals surface area contributed by atoms with Crippen LogP contribution in [0.3, 0.4) is 0 Å². The monoisotopic (exact) mass is 251 g/mol. The molecule has 7 heteroatoms. The number of nitrogens with zero attached hydrogens (tertiary/aromatic N) is 4. The van der Waals surface area contributed by atoms with Crippen LogP contribution in [0, 0.1) is 22.7 Å². The van der Waals surface area contributed by atoms with E-state index in [0.29, 0.717) is 0 Å². The van der Waals surface area contributed by atoms with Crippen LogP contribution in [0.4, 0.5) is 17.3 Å². The Morgan fingerprint density at radius 2 is 1.63 bits per heavy atom. The van der Waals surface area contributed by atoms with E-state index in [4.69, 9.17) is 16.3 Å². The Labute approximate surface area is 109 Å². The number of benzene rings is 1. The number of nitriles is 2. The van der Waals surface area contributed by atoms with Gasteiger partial charge >= 0.3 is 0 Å². The highest BCUT2D eigenvalue weighted by Crippen LogP contribution is 2.15. The lowest BCUT2D eigenvalue weighted by Gasteiger charge is -2.10. The molecule has 0 unspecified atom stereocenters. The molecular formula is C12H9N7. The van der Waals surface area contributed by atoms with E-state index < -0.39 is 0 Å². The zero-order chi connectivity index (χ0) is 13.7. The molecule has 0 spiro atoms. The fraction of sp³-hybridized carbons (Fsp3) is 0. The van der Waals surface area contributed by atoms with Crippen molar-refractivity contribution in [3.8, 4) is 12.1 Å². The molecule has 0 radical (unpaired) electrons. The highest BCUT2D eigenvalue weighted by molar-refractivity contribution is 5.59. The van der Waals surface area contributed by atoms with E-state index in [1.807, 2.05) is 36.4 Å². The predicted molar refractivity (Wildman–Crippen MR) is 69.6 cm³/mol. The van der Waals surface area contributed by atoms with Crippen molar-refractivity contribution >= 4 is 17.3 Å². The minimum Gasteiger partial charge on any atom is -0.381 e. The highest BCUT2D eigenvalue weighted by Gasteiger charge is 2.10. The molecule has 0 atom stereocenters. The first-order valence-corrected chi connectivity index (χ1v) is 5.29. The van der Waals surface area contributed by atoms with Crippen molar-refractivity contribution in [1.82, 2.24) is 9.97 Å². The summed E-state index contributed by atoms with van der Waals surface area (Å²) in [4.78, 5) is 7.74. The maximum atomic E-state index is 8.96. The van der Waals surface area contributed by atoms with Crippen molar-refractivity contribution in [1.29, 1.82) is 10.5 Å². The van der Waals surface area contributed by atoms with Crippen LogP contribution in [-0.2, 0) is 0 Å². The molecule has 4 N–H and O–H groups in total. The maximum Gasteiger partial charge on any atom is 0.186 e. The van der Waals surface area contributed by atoms with E-state index in [1.165, 1.54) is 0 Å². The Balaban J connectivity index is 2.24. The summed E-state index contributed by atoms with van der Waals surface area (Å²) in [5, 5.41) is 17.7. The van der Waals surface area contributed by atoms with Crippen molar-refractivity contribution in [2.24, 2.45) is 0 Å². The molecule has 92 valence electrons. The van der Waals surface area contributed by atoms with Gasteiger partial charge in [-0.1, -0.05) is 18.2 Å². The van der Waals surface area contributed by atoms with Crippen molar-refractivity contribution in [3.05, 3.63) is 41.7 Å². The average Bonchev–Trinajstić information content (AvgIpc) is 2.46. The number of hydrogen-bond acceptors (Lipinski definition) is 7. The minimum absolute atomic E-state index is 0.00539. The van der Waals surface area contributed by atoms with Gasteiger partial charge in [-0.05, 0) is 12.1 Å². The van der Waals surface area contributed by atoms with Crippen LogP contribution in [0.2, 0.25) is 0 Å². The van der Waals surface area contributed by atoms with Gasteiger partial charge in [0.1, 0.15) is 12.1 Å². The fourth-order valence-corrected chi connectivity index (χ4v) is 1.35. The van der Waals surface area contributed by atoms with Crippen LogP contribution in [0.1, 0.15) is 11.4 Å². The number of nitrogen functional groups attached to an aromatic ring is 1. The van der Waals surface area contributed by atoms with E-state index in [2.05, 4.69) is 20.8 Å². The normalized spacial score (nSPS) is 9.16. The van der Waals surface area contributed by atoms with Gasteiger partial charge < -0.3 is 5.73 Å². The van der Waals surface area contributed by atoms with Gasteiger partial charge in [-0.25, -0.2) is 9.97 Å². The molecule has 2 aromatic rings. The van der Waals surface area contributed by atoms with Crippen molar-refractivity contribution < 1.29 is 0 Å². The Morgan fingerprint density at radius 1 is 0.947 bits per heavy atom. The number of nitrogens with one attached hydrogen (secondary N) is 2. The molecule has 0 aliphatic rings. The van der Waals surface area contributed by atoms with Gasteiger partial charge in [0.25, 0.3) is 0 Å². The van der Waals surface area contributed by atoms with Crippen molar-refractivity contribution in [2.45, 2.75) is 0 Å². The molecule has 19 heavy (non-hydrogen) atoms. The predicted octanol–water partition coefficient (Wildman–Crippen LogP) is 1.24. The number of para-hydroxylation sites is 1. The number of hydrogen-bond donors (Lipinski definition) is 3. The molecule has 0 fully saturated rings. The van der Waals surface area contributed by atoms with Gasteiger partial charge in [0.15, 0.2) is 23.0 Å². The number of nitrogens with two attached hydrogens (primary N) is 1. The van der Waals surface area contributed by atoms with Gasteiger partial charge in [0, 0.05) is 0 Å². The lowest BCUT2D eigenvalue weighted by atomic mass is 10.3. The second kappa shape index (κ2) is 5.34. The summed E-state index contributed by atoms with van der Waals surface area (Å²) < 4.78 is 0. The van der Waals surface area contributed by atoms with E-state index in [9.17, 15) is 0 Å². The van der Waals surface area contributed by atoms with Crippen LogP contribution >= 0.6 is 0 Å². The third kappa shape index (κ3) is 2.68. The van der Waals surface area contributed by atoms with Crippen LogP contribution < -0.4 is 16.6 Å². The summed E-state index contributed by atoms with van der Waals surface area (Å²) in [5.41, 5.74) is 11.9. The first kappa shape index (κ1) is 12.1. The zero-order valence-corrected chi connectivity index (χ0v) is 9.75. The first-order chi connectivity index (χ1) is 9.24. The number of anilines is 3. The molecular weight excluding hydrogens is 242 g/mol. The number of aromatic nitrogens is 2.